The second-order valence-electron chi connectivity index (χ2n) is 4.08. The molecule has 0 aliphatic heterocycles. The van der Waals surface area contributed by atoms with Crippen molar-refractivity contribution < 1.29 is 0 Å². The molecule has 1 heterocycles. The average Bonchev–Trinajstić information content (AvgIpc) is 2.80. The van der Waals surface area contributed by atoms with Crippen LogP contribution in [0.1, 0.15) is 27.7 Å². The fourth-order valence-corrected chi connectivity index (χ4v) is 20.2. The second kappa shape index (κ2) is 6.01. The lowest BCUT2D eigenvalue weighted by atomic mass is 10.7. The SMILES string of the molecule is CC[Si](CC)[Si](CC)(CC)c1cccs1. The van der Waals surface area contributed by atoms with Gasteiger partial charge >= 0.3 is 0 Å². The van der Waals surface area contributed by atoms with Crippen molar-refractivity contribution in [1.82, 2.24) is 0 Å². The highest BCUT2D eigenvalue weighted by atomic mass is 32.1. The zero-order chi connectivity index (χ0) is 11.3. The van der Waals surface area contributed by atoms with Gasteiger partial charge in [0.2, 0.25) is 0 Å². The quantitative estimate of drug-likeness (QED) is 0.673. The van der Waals surface area contributed by atoms with Crippen molar-refractivity contribution in [3.63, 3.8) is 0 Å². The monoisotopic (exact) mass is 255 g/mol. The van der Waals surface area contributed by atoms with Crippen molar-refractivity contribution in [3.8, 4) is 0 Å². The van der Waals surface area contributed by atoms with Crippen LogP contribution in [0.3, 0.4) is 0 Å². The summed E-state index contributed by atoms with van der Waals surface area (Å²) in [5, 5.41) is 2.27. The first-order valence-corrected chi connectivity index (χ1v) is 12.3. The summed E-state index contributed by atoms with van der Waals surface area (Å²) in [7, 11) is -1.17. The first-order chi connectivity index (χ1) is 7.25. The van der Waals surface area contributed by atoms with Gasteiger partial charge in [0.05, 0.1) is 7.59 Å². The van der Waals surface area contributed by atoms with Crippen molar-refractivity contribution >= 4 is 31.7 Å². The first-order valence-electron chi connectivity index (χ1n) is 6.14. The van der Waals surface area contributed by atoms with Crippen LogP contribution < -0.4 is 4.50 Å². The molecule has 0 N–H and O–H groups in total. The van der Waals surface area contributed by atoms with E-state index in [1.165, 1.54) is 24.2 Å². The van der Waals surface area contributed by atoms with Crippen LogP contribution in [0.2, 0.25) is 24.2 Å². The van der Waals surface area contributed by atoms with Gasteiger partial charge in [-0.15, -0.1) is 0 Å². The molecule has 0 nitrogen and oxygen atoms in total. The van der Waals surface area contributed by atoms with E-state index in [9.17, 15) is 0 Å². The van der Waals surface area contributed by atoms with E-state index in [0.29, 0.717) is 0 Å². The Morgan fingerprint density at radius 1 is 1.13 bits per heavy atom. The summed E-state index contributed by atoms with van der Waals surface area (Å²) in [4.78, 5) is 0. The van der Waals surface area contributed by atoms with Crippen LogP contribution in [0.5, 0.6) is 0 Å². The predicted octanol–water partition coefficient (Wildman–Crippen LogP) is 4.06. The smallest absolute Gasteiger partial charge is 0.0896 e. The molecule has 1 radical (unpaired) electrons. The summed E-state index contributed by atoms with van der Waals surface area (Å²) in [6, 6.07) is 10.5. The van der Waals surface area contributed by atoms with Crippen molar-refractivity contribution in [2.45, 2.75) is 51.9 Å². The zero-order valence-electron chi connectivity index (χ0n) is 10.5. The topological polar surface area (TPSA) is 0 Å². The molecule has 1 aromatic rings. The maximum absolute atomic E-state index is 2.44. The van der Waals surface area contributed by atoms with E-state index in [1.54, 1.807) is 4.50 Å². The lowest BCUT2D eigenvalue weighted by molar-refractivity contribution is 1.27. The van der Waals surface area contributed by atoms with Gasteiger partial charge in [-0.05, 0) is 9.88 Å². The van der Waals surface area contributed by atoms with Gasteiger partial charge in [-0.2, -0.15) is 11.3 Å². The Morgan fingerprint density at radius 3 is 2.07 bits per heavy atom. The Kier molecular flexibility index (Phi) is 5.29. The third-order valence-electron chi connectivity index (χ3n) is 3.73. The van der Waals surface area contributed by atoms with Gasteiger partial charge in [0.25, 0.3) is 0 Å². The highest BCUT2D eigenvalue weighted by molar-refractivity contribution is 7.46. The molecule has 0 atom stereocenters. The number of thiophene rings is 1. The van der Waals surface area contributed by atoms with Crippen LogP contribution in [0, 0.1) is 0 Å². The fourth-order valence-electron chi connectivity index (χ4n) is 2.75. The molecule has 3 heteroatoms. The number of hydrogen-bond donors (Lipinski definition) is 0. The summed E-state index contributed by atoms with van der Waals surface area (Å²) in [5.74, 6) is 0. The van der Waals surface area contributed by atoms with Gasteiger partial charge in [-0.1, -0.05) is 64.0 Å². The Bertz CT molecular complexity index is 261. The highest BCUT2D eigenvalue weighted by Crippen LogP contribution is 2.25. The predicted molar refractivity (Wildman–Crippen MR) is 77.4 cm³/mol. The van der Waals surface area contributed by atoms with E-state index in [-0.39, 0.29) is 8.31 Å². The van der Waals surface area contributed by atoms with Crippen molar-refractivity contribution in [3.05, 3.63) is 17.5 Å². The normalized spacial score (nSPS) is 12.3. The summed E-state index contributed by atoms with van der Waals surface area (Å²) in [6.07, 6.45) is 0. The summed E-state index contributed by atoms with van der Waals surface area (Å²) in [6.45, 7) is 9.70. The molecule has 85 valence electrons. The van der Waals surface area contributed by atoms with Crippen LogP contribution in [0.4, 0.5) is 0 Å². The van der Waals surface area contributed by atoms with Crippen molar-refractivity contribution in [2.75, 3.05) is 0 Å². The molecule has 0 aliphatic rings. The van der Waals surface area contributed by atoms with E-state index in [2.05, 4.69) is 45.2 Å². The molecule has 0 unspecified atom stereocenters. The van der Waals surface area contributed by atoms with Gasteiger partial charge in [0, 0.05) is 8.31 Å². The Balaban J connectivity index is 3.06. The largest absolute Gasteiger partial charge is 0.154 e. The van der Waals surface area contributed by atoms with E-state index in [0.717, 1.165) is 0 Å². The Labute approximate surface area is 101 Å². The summed E-state index contributed by atoms with van der Waals surface area (Å²) >= 11 is 2.03. The highest BCUT2D eigenvalue weighted by Gasteiger charge is 2.39. The molecular formula is C12H23SSi2. The van der Waals surface area contributed by atoms with Crippen molar-refractivity contribution in [1.29, 1.82) is 0 Å². The minimum Gasteiger partial charge on any atom is -0.154 e. The molecule has 1 rings (SSSR count). The summed E-state index contributed by atoms with van der Waals surface area (Å²) < 4.78 is 1.78. The van der Waals surface area contributed by atoms with E-state index < -0.39 is 7.59 Å². The maximum atomic E-state index is 2.44. The van der Waals surface area contributed by atoms with E-state index in [4.69, 9.17) is 0 Å². The Hall–Kier alpha value is 0.134. The molecule has 0 aliphatic carbocycles. The first kappa shape index (κ1) is 13.2. The molecule has 0 aromatic carbocycles. The second-order valence-corrected chi connectivity index (χ2v) is 17.1. The molecule has 0 spiro atoms. The zero-order valence-corrected chi connectivity index (χ0v) is 13.3. The van der Waals surface area contributed by atoms with Crippen LogP contribution in [-0.2, 0) is 0 Å². The third-order valence-corrected chi connectivity index (χ3v) is 22.2. The molecular weight excluding hydrogens is 232 g/mol. The fraction of sp³-hybridized carbons (Fsp3) is 0.667. The molecule has 0 bridgehead atoms. The van der Waals surface area contributed by atoms with Gasteiger partial charge in [0.1, 0.15) is 0 Å². The molecule has 0 amide bonds. The molecule has 1 aromatic heterocycles. The molecule has 0 saturated heterocycles. The summed E-state index contributed by atoms with van der Waals surface area (Å²) in [5.41, 5.74) is 0. The van der Waals surface area contributed by atoms with Crippen molar-refractivity contribution in [2.24, 2.45) is 0 Å². The average molecular weight is 256 g/mol. The van der Waals surface area contributed by atoms with Gasteiger partial charge in [-0.3, -0.25) is 0 Å². The van der Waals surface area contributed by atoms with Crippen LogP contribution in [0.15, 0.2) is 17.5 Å². The van der Waals surface area contributed by atoms with Gasteiger partial charge < -0.3 is 0 Å². The van der Waals surface area contributed by atoms with Crippen LogP contribution in [-0.4, -0.2) is 15.9 Å². The van der Waals surface area contributed by atoms with Crippen LogP contribution >= 0.6 is 11.3 Å². The third kappa shape index (κ3) is 2.45. The Morgan fingerprint density at radius 2 is 1.73 bits per heavy atom. The molecule has 0 saturated carbocycles. The number of hydrogen-bond acceptors (Lipinski definition) is 1. The minimum absolute atomic E-state index is 0.0958. The van der Waals surface area contributed by atoms with E-state index in [1.807, 2.05) is 11.3 Å². The molecule has 15 heavy (non-hydrogen) atoms. The maximum Gasteiger partial charge on any atom is 0.0896 e. The van der Waals surface area contributed by atoms with Gasteiger partial charge in [0.15, 0.2) is 0 Å². The lowest BCUT2D eigenvalue weighted by Gasteiger charge is -2.35. The van der Waals surface area contributed by atoms with Crippen LogP contribution in [0.25, 0.3) is 0 Å². The number of rotatable bonds is 6. The standard InChI is InChI=1S/C12H23SSi2/c1-5-14(6-2)15(7-3,8-4)12-10-9-11-13-12/h9-11H,5-8H2,1-4H3. The van der Waals surface area contributed by atoms with E-state index >= 15 is 0 Å². The minimum atomic E-state index is -1.08. The molecule has 0 fully saturated rings. The van der Waals surface area contributed by atoms with Gasteiger partial charge in [-0.25, -0.2) is 0 Å². The lowest BCUT2D eigenvalue weighted by Crippen LogP contribution is -2.58.